The van der Waals surface area contributed by atoms with Gasteiger partial charge in [-0.15, -0.1) is 0 Å². The molecule has 4 aromatic rings. The van der Waals surface area contributed by atoms with Gasteiger partial charge < -0.3 is 5.32 Å². The van der Waals surface area contributed by atoms with Gasteiger partial charge in [-0.3, -0.25) is 4.79 Å². The van der Waals surface area contributed by atoms with Crippen molar-refractivity contribution in [2.45, 2.75) is 6.42 Å². The van der Waals surface area contributed by atoms with Crippen LogP contribution in [-0.4, -0.2) is 22.2 Å². The summed E-state index contributed by atoms with van der Waals surface area (Å²) in [6, 6.07) is 21.0. The van der Waals surface area contributed by atoms with Crippen LogP contribution >= 0.6 is 23.2 Å². The third-order valence-corrected chi connectivity index (χ3v) is 5.29. The normalized spacial score (nSPS) is 10.9. The van der Waals surface area contributed by atoms with Crippen molar-refractivity contribution < 1.29 is 4.79 Å². The molecule has 1 amide bonds. The van der Waals surface area contributed by atoms with E-state index in [1.807, 2.05) is 48.5 Å². The summed E-state index contributed by atoms with van der Waals surface area (Å²) in [5.41, 5.74) is 3.39. The molecular formula is C22H17Cl2N3O. The molecule has 28 heavy (non-hydrogen) atoms. The first-order valence-electron chi connectivity index (χ1n) is 8.88. The lowest BCUT2D eigenvalue weighted by Crippen LogP contribution is -2.25. The Balaban J connectivity index is 1.57. The third kappa shape index (κ3) is 3.75. The van der Waals surface area contributed by atoms with Gasteiger partial charge in [-0.2, -0.15) is 5.10 Å². The Kier molecular flexibility index (Phi) is 5.33. The summed E-state index contributed by atoms with van der Waals surface area (Å²) in [5, 5.41) is 9.16. The van der Waals surface area contributed by atoms with Crippen molar-refractivity contribution in [2.75, 3.05) is 6.54 Å². The highest BCUT2D eigenvalue weighted by atomic mass is 35.5. The minimum atomic E-state index is -0.116. The van der Waals surface area contributed by atoms with Crippen LogP contribution in [0.2, 0.25) is 10.0 Å². The molecule has 1 heterocycles. The molecule has 0 spiro atoms. The number of carbonyl (C=O) groups excluding carboxylic acids is 1. The SMILES string of the molecule is O=C(NCCc1ccccc1)c1cccc2c1cnn2-c1ccc(Cl)c(Cl)c1. The highest BCUT2D eigenvalue weighted by molar-refractivity contribution is 6.42. The first kappa shape index (κ1) is 18.5. The summed E-state index contributed by atoms with van der Waals surface area (Å²) >= 11 is 12.1. The fraction of sp³-hybridized carbons (Fsp3) is 0.0909. The Morgan fingerprint density at radius 3 is 2.57 bits per heavy atom. The number of nitrogens with zero attached hydrogens (tertiary/aromatic N) is 2. The van der Waals surface area contributed by atoms with Crippen LogP contribution in [0.3, 0.4) is 0 Å². The van der Waals surface area contributed by atoms with Gasteiger partial charge >= 0.3 is 0 Å². The molecule has 1 N–H and O–H groups in total. The van der Waals surface area contributed by atoms with E-state index in [1.165, 1.54) is 5.56 Å². The maximum atomic E-state index is 12.7. The van der Waals surface area contributed by atoms with E-state index < -0.39 is 0 Å². The number of aromatic nitrogens is 2. The topological polar surface area (TPSA) is 46.9 Å². The van der Waals surface area contributed by atoms with E-state index >= 15 is 0 Å². The van der Waals surface area contributed by atoms with Crippen molar-refractivity contribution in [3.05, 3.63) is 94.1 Å². The third-order valence-electron chi connectivity index (χ3n) is 4.55. The van der Waals surface area contributed by atoms with E-state index in [4.69, 9.17) is 23.2 Å². The van der Waals surface area contributed by atoms with E-state index in [0.717, 1.165) is 23.0 Å². The van der Waals surface area contributed by atoms with E-state index in [0.29, 0.717) is 22.2 Å². The highest BCUT2D eigenvalue weighted by Gasteiger charge is 2.14. The number of benzene rings is 3. The van der Waals surface area contributed by atoms with Crippen LogP contribution in [0.15, 0.2) is 72.9 Å². The molecule has 0 unspecified atom stereocenters. The molecule has 0 saturated heterocycles. The number of fused-ring (bicyclic) bond motifs is 1. The maximum absolute atomic E-state index is 12.7. The van der Waals surface area contributed by atoms with Crippen molar-refractivity contribution in [3.8, 4) is 5.69 Å². The molecule has 0 saturated carbocycles. The molecule has 4 rings (SSSR count). The lowest BCUT2D eigenvalue weighted by Gasteiger charge is -2.08. The van der Waals surface area contributed by atoms with Crippen molar-refractivity contribution in [2.24, 2.45) is 0 Å². The zero-order valence-corrected chi connectivity index (χ0v) is 16.4. The maximum Gasteiger partial charge on any atom is 0.252 e. The van der Waals surface area contributed by atoms with Gasteiger partial charge in [0.1, 0.15) is 0 Å². The average molecular weight is 410 g/mol. The molecule has 0 fully saturated rings. The fourth-order valence-corrected chi connectivity index (χ4v) is 3.42. The summed E-state index contributed by atoms with van der Waals surface area (Å²) in [6.07, 6.45) is 2.48. The molecule has 0 aliphatic rings. The van der Waals surface area contributed by atoms with Crippen LogP contribution in [0.5, 0.6) is 0 Å². The Morgan fingerprint density at radius 2 is 1.79 bits per heavy atom. The number of nitrogens with one attached hydrogen (secondary N) is 1. The first-order chi connectivity index (χ1) is 13.6. The van der Waals surface area contributed by atoms with Gasteiger partial charge in [-0.25, -0.2) is 4.68 Å². The number of carbonyl (C=O) groups is 1. The van der Waals surface area contributed by atoms with Crippen LogP contribution in [0.4, 0.5) is 0 Å². The predicted octanol–water partition coefficient (Wildman–Crippen LogP) is 5.30. The molecule has 1 aromatic heterocycles. The molecule has 6 heteroatoms. The average Bonchev–Trinajstić information content (AvgIpc) is 3.15. The highest BCUT2D eigenvalue weighted by Crippen LogP contribution is 2.27. The summed E-state index contributed by atoms with van der Waals surface area (Å²) in [7, 11) is 0. The Labute approximate surface area is 172 Å². The van der Waals surface area contributed by atoms with Gasteiger partial charge in [-0.05, 0) is 42.3 Å². The van der Waals surface area contributed by atoms with Gasteiger partial charge in [-0.1, -0.05) is 59.6 Å². The second-order valence-corrected chi connectivity index (χ2v) is 7.20. The monoisotopic (exact) mass is 409 g/mol. The second kappa shape index (κ2) is 8.05. The zero-order chi connectivity index (χ0) is 19.5. The van der Waals surface area contributed by atoms with Crippen molar-refractivity contribution in [1.29, 1.82) is 0 Å². The largest absolute Gasteiger partial charge is 0.352 e. The quantitative estimate of drug-likeness (QED) is 0.485. The number of rotatable bonds is 5. The molecule has 0 atom stereocenters. The Bertz CT molecular complexity index is 1140. The van der Waals surface area contributed by atoms with Gasteiger partial charge in [0.15, 0.2) is 0 Å². The summed E-state index contributed by atoms with van der Waals surface area (Å²) < 4.78 is 1.75. The van der Waals surface area contributed by atoms with Crippen molar-refractivity contribution >= 4 is 40.0 Å². The molecule has 140 valence electrons. The second-order valence-electron chi connectivity index (χ2n) is 6.38. The smallest absolute Gasteiger partial charge is 0.252 e. The van der Waals surface area contributed by atoms with Gasteiger partial charge in [0, 0.05) is 11.9 Å². The minimum Gasteiger partial charge on any atom is -0.352 e. The van der Waals surface area contributed by atoms with Crippen LogP contribution in [0, 0.1) is 0 Å². The van der Waals surface area contributed by atoms with Crippen LogP contribution in [0.25, 0.3) is 16.6 Å². The molecule has 0 bridgehead atoms. The van der Waals surface area contributed by atoms with E-state index in [1.54, 1.807) is 29.1 Å². The van der Waals surface area contributed by atoms with Crippen LogP contribution in [-0.2, 0) is 6.42 Å². The molecular weight excluding hydrogens is 393 g/mol. The van der Waals surface area contributed by atoms with Crippen molar-refractivity contribution in [1.82, 2.24) is 15.1 Å². The number of amides is 1. The standard InChI is InChI=1S/C22H17Cl2N3O/c23-19-10-9-16(13-20(19)24)27-21-8-4-7-17(18(21)14-26-27)22(28)25-12-11-15-5-2-1-3-6-15/h1-10,13-14H,11-12H2,(H,25,28). The van der Waals surface area contributed by atoms with Gasteiger partial charge in [0.2, 0.25) is 0 Å². The molecule has 4 nitrogen and oxygen atoms in total. The van der Waals surface area contributed by atoms with Gasteiger partial charge in [0.05, 0.1) is 33.0 Å². The first-order valence-corrected chi connectivity index (χ1v) is 9.63. The summed E-state index contributed by atoms with van der Waals surface area (Å²) in [5.74, 6) is -0.116. The molecule has 0 radical (unpaired) electrons. The lowest BCUT2D eigenvalue weighted by molar-refractivity contribution is 0.0956. The lowest BCUT2D eigenvalue weighted by atomic mass is 10.1. The molecule has 3 aromatic carbocycles. The number of hydrogen-bond acceptors (Lipinski definition) is 2. The van der Waals surface area contributed by atoms with Crippen LogP contribution < -0.4 is 5.32 Å². The molecule has 0 aliphatic carbocycles. The van der Waals surface area contributed by atoms with E-state index in [-0.39, 0.29) is 5.91 Å². The Hall–Kier alpha value is -2.82. The molecule has 0 aliphatic heterocycles. The number of hydrogen-bond donors (Lipinski definition) is 1. The summed E-state index contributed by atoms with van der Waals surface area (Å²) in [6.45, 7) is 0.570. The van der Waals surface area contributed by atoms with E-state index in [2.05, 4.69) is 10.4 Å². The van der Waals surface area contributed by atoms with E-state index in [9.17, 15) is 4.79 Å². The Morgan fingerprint density at radius 1 is 0.964 bits per heavy atom. The van der Waals surface area contributed by atoms with Gasteiger partial charge in [0.25, 0.3) is 5.91 Å². The summed E-state index contributed by atoms with van der Waals surface area (Å²) in [4.78, 5) is 12.7. The minimum absolute atomic E-state index is 0.116. The van der Waals surface area contributed by atoms with Crippen LogP contribution in [0.1, 0.15) is 15.9 Å². The van der Waals surface area contributed by atoms with Crippen molar-refractivity contribution in [3.63, 3.8) is 0 Å². The number of halogens is 2. The zero-order valence-electron chi connectivity index (χ0n) is 14.9. The predicted molar refractivity (Wildman–Crippen MR) is 114 cm³/mol. The fourth-order valence-electron chi connectivity index (χ4n) is 3.13.